The van der Waals surface area contributed by atoms with Gasteiger partial charge < -0.3 is 15.3 Å². The Morgan fingerprint density at radius 1 is 0.900 bits per heavy atom. The zero-order valence-corrected chi connectivity index (χ0v) is 11.4. The van der Waals surface area contributed by atoms with Gasteiger partial charge in [0.2, 0.25) is 0 Å². The van der Waals surface area contributed by atoms with Crippen molar-refractivity contribution in [2.24, 2.45) is 10.6 Å². The van der Waals surface area contributed by atoms with Crippen LogP contribution in [0.25, 0.3) is 0 Å². The first kappa shape index (κ1) is 12.5. The van der Waals surface area contributed by atoms with Crippen LogP contribution in [-0.2, 0) is 4.65 Å². The van der Waals surface area contributed by atoms with Crippen LogP contribution in [0.2, 0.25) is 0 Å². The standard InChI is InChI=1S/C16H16BN2O/c1-13-12-16(18)20-17(19-13,14-8-4-2-5-9-14)15-10-6-3-7-11-15/h2-12H,18H2,1H3/q-1. The normalized spacial score (nSPS) is 16.9. The molecule has 2 aromatic rings. The largest absolute Gasteiger partial charge is 0.677 e. The van der Waals surface area contributed by atoms with Crippen molar-refractivity contribution in [3.8, 4) is 0 Å². The van der Waals surface area contributed by atoms with Gasteiger partial charge in [0.25, 0.3) is 0 Å². The molecule has 0 saturated carbocycles. The van der Waals surface area contributed by atoms with Crippen molar-refractivity contribution in [1.82, 2.24) is 0 Å². The van der Waals surface area contributed by atoms with Crippen LogP contribution < -0.4 is 16.7 Å². The molecule has 0 bridgehead atoms. The molecular weight excluding hydrogens is 247 g/mol. The molecule has 1 aliphatic heterocycles. The maximum Gasteiger partial charge on any atom is 0.336 e. The number of hydrogen-bond donors (Lipinski definition) is 1. The molecule has 0 saturated heterocycles. The third kappa shape index (κ3) is 2.09. The minimum Gasteiger partial charge on any atom is -0.677 e. The molecule has 2 aromatic carbocycles. The summed E-state index contributed by atoms with van der Waals surface area (Å²) in [6, 6.07) is 20.0. The first-order valence-electron chi connectivity index (χ1n) is 6.69. The number of nitrogens with two attached hydrogens (primary N) is 1. The molecule has 1 aliphatic rings. The van der Waals surface area contributed by atoms with Gasteiger partial charge in [0.05, 0.1) is 0 Å². The molecule has 3 rings (SSSR count). The van der Waals surface area contributed by atoms with Gasteiger partial charge in [-0.1, -0.05) is 60.7 Å². The van der Waals surface area contributed by atoms with Gasteiger partial charge in [0.15, 0.2) is 0 Å². The van der Waals surface area contributed by atoms with Crippen LogP contribution in [0, 0.1) is 0 Å². The fraction of sp³-hybridized carbons (Fsp3) is 0.0625. The van der Waals surface area contributed by atoms with Crippen LogP contribution in [0.3, 0.4) is 0 Å². The zero-order chi connectivity index (χ0) is 14.0. The van der Waals surface area contributed by atoms with Gasteiger partial charge in [0, 0.05) is 6.08 Å². The molecule has 0 spiro atoms. The van der Waals surface area contributed by atoms with Crippen LogP contribution in [0.15, 0.2) is 77.5 Å². The minimum absolute atomic E-state index is 0.408. The van der Waals surface area contributed by atoms with Gasteiger partial charge in [-0.2, -0.15) is 0 Å². The second kappa shape index (κ2) is 4.89. The molecule has 3 nitrogen and oxygen atoms in total. The van der Waals surface area contributed by atoms with E-state index in [2.05, 4.69) is 0 Å². The lowest BCUT2D eigenvalue weighted by Crippen LogP contribution is -2.61. The number of allylic oxidation sites excluding steroid dienone is 1. The summed E-state index contributed by atoms with van der Waals surface area (Å²) in [5, 5.41) is 0. The maximum atomic E-state index is 6.03. The SMILES string of the molecule is CC1=N[B-](c2ccccc2)(c2ccccc2)OC(N)=C1. The molecule has 0 atom stereocenters. The van der Waals surface area contributed by atoms with Gasteiger partial charge in [-0.05, 0) is 12.6 Å². The van der Waals surface area contributed by atoms with E-state index in [0.717, 1.165) is 16.6 Å². The summed E-state index contributed by atoms with van der Waals surface area (Å²) in [4.78, 5) is 4.81. The fourth-order valence-electron chi connectivity index (χ4n) is 2.69. The second-order valence-corrected chi connectivity index (χ2v) is 5.00. The van der Waals surface area contributed by atoms with Gasteiger partial charge in [0.1, 0.15) is 5.88 Å². The van der Waals surface area contributed by atoms with Gasteiger partial charge in [-0.3, -0.25) is 0 Å². The smallest absolute Gasteiger partial charge is 0.336 e. The third-order valence-corrected chi connectivity index (χ3v) is 3.55. The molecule has 4 heteroatoms. The quantitative estimate of drug-likeness (QED) is 0.835. The predicted octanol–water partition coefficient (Wildman–Crippen LogP) is 1.53. The molecule has 0 aliphatic carbocycles. The van der Waals surface area contributed by atoms with Crippen LogP contribution in [-0.4, -0.2) is 12.2 Å². The Bertz CT molecular complexity index is 626. The van der Waals surface area contributed by atoms with Crippen molar-refractivity contribution in [2.45, 2.75) is 6.92 Å². The van der Waals surface area contributed by atoms with E-state index in [-0.39, 0.29) is 0 Å². The van der Waals surface area contributed by atoms with Crippen molar-refractivity contribution in [3.05, 3.63) is 72.6 Å². The molecule has 0 amide bonds. The summed E-state index contributed by atoms with van der Waals surface area (Å²) >= 11 is 0. The highest BCUT2D eigenvalue weighted by atomic mass is 16.5. The number of rotatable bonds is 2. The minimum atomic E-state index is -1.69. The lowest BCUT2D eigenvalue weighted by molar-refractivity contribution is 0.420. The van der Waals surface area contributed by atoms with Crippen molar-refractivity contribution >= 4 is 23.1 Å². The Kier molecular flexibility index (Phi) is 3.07. The highest BCUT2D eigenvalue weighted by molar-refractivity contribution is 6.97. The molecule has 1 heterocycles. The van der Waals surface area contributed by atoms with E-state index in [4.69, 9.17) is 15.3 Å². The monoisotopic (exact) mass is 263 g/mol. The van der Waals surface area contributed by atoms with E-state index in [1.54, 1.807) is 6.08 Å². The Balaban J connectivity index is 2.22. The first-order valence-corrected chi connectivity index (χ1v) is 6.69. The molecule has 0 radical (unpaired) electrons. The molecule has 100 valence electrons. The van der Waals surface area contributed by atoms with Crippen LogP contribution in [0.1, 0.15) is 6.92 Å². The summed E-state index contributed by atoms with van der Waals surface area (Å²) < 4.78 is 6.03. The van der Waals surface area contributed by atoms with Crippen LogP contribution in [0.5, 0.6) is 0 Å². The zero-order valence-electron chi connectivity index (χ0n) is 11.4. The average molecular weight is 263 g/mol. The second-order valence-electron chi connectivity index (χ2n) is 5.00. The van der Waals surface area contributed by atoms with Crippen molar-refractivity contribution < 1.29 is 4.65 Å². The van der Waals surface area contributed by atoms with Gasteiger partial charge in [-0.25, -0.2) is 0 Å². The van der Waals surface area contributed by atoms with Crippen LogP contribution >= 0.6 is 0 Å². The maximum absolute atomic E-state index is 6.03. The number of benzene rings is 2. The number of nitrogens with zero attached hydrogens (tertiary/aromatic N) is 1. The number of hydrogen-bond acceptors (Lipinski definition) is 3. The van der Waals surface area contributed by atoms with E-state index >= 15 is 0 Å². The molecular formula is C16H16BN2O-. The van der Waals surface area contributed by atoms with E-state index in [1.165, 1.54) is 0 Å². The topological polar surface area (TPSA) is 47.6 Å². The summed E-state index contributed by atoms with van der Waals surface area (Å²) in [7, 11) is 0. The van der Waals surface area contributed by atoms with Crippen molar-refractivity contribution in [3.63, 3.8) is 0 Å². The summed E-state index contributed by atoms with van der Waals surface area (Å²) in [5.74, 6) is 0.408. The lowest BCUT2D eigenvalue weighted by atomic mass is 9.42. The third-order valence-electron chi connectivity index (χ3n) is 3.55. The molecule has 0 unspecified atom stereocenters. The van der Waals surface area contributed by atoms with E-state index in [0.29, 0.717) is 5.88 Å². The first-order chi connectivity index (χ1) is 9.71. The Morgan fingerprint density at radius 2 is 1.40 bits per heavy atom. The van der Waals surface area contributed by atoms with E-state index in [1.807, 2.05) is 67.6 Å². The molecule has 0 aromatic heterocycles. The van der Waals surface area contributed by atoms with E-state index < -0.39 is 6.48 Å². The van der Waals surface area contributed by atoms with Crippen molar-refractivity contribution in [1.29, 1.82) is 0 Å². The lowest BCUT2D eigenvalue weighted by Gasteiger charge is -2.42. The molecule has 2 N–H and O–H groups in total. The Labute approximate surface area is 118 Å². The van der Waals surface area contributed by atoms with Gasteiger partial charge >= 0.3 is 6.48 Å². The predicted molar refractivity (Wildman–Crippen MR) is 84.4 cm³/mol. The van der Waals surface area contributed by atoms with Crippen molar-refractivity contribution in [2.75, 3.05) is 0 Å². The molecule has 20 heavy (non-hydrogen) atoms. The highest BCUT2D eigenvalue weighted by Crippen LogP contribution is 2.16. The molecule has 0 fully saturated rings. The Hall–Kier alpha value is -2.49. The summed E-state index contributed by atoms with van der Waals surface area (Å²) in [6.45, 7) is 0.249. The Morgan fingerprint density at radius 3 is 1.85 bits per heavy atom. The van der Waals surface area contributed by atoms with Crippen LogP contribution in [0.4, 0.5) is 0 Å². The highest BCUT2D eigenvalue weighted by Gasteiger charge is 2.33. The average Bonchev–Trinajstić information content (AvgIpc) is 2.48. The summed E-state index contributed by atoms with van der Waals surface area (Å²) in [5.41, 5.74) is 8.87. The fourth-order valence-corrected chi connectivity index (χ4v) is 2.69. The van der Waals surface area contributed by atoms with E-state index in [9.17, 15) is 0 Å². The van der Waals surface area contributed by atoms with Gasteiger partial charge in [-0.15, -0.1) is 10.9 Å². The summed E-state index contributed by atoms with van der Waals surface area (Å²) in [6.07, 6.45) is 1.76.